The van der Waals surface area contributed by atoms with E-state index in [0.29, 0.717) is 17.9 Å². The normalized spacial score (nSPS) is 18.3. The molecular formula is C14H17NO5. The number of hydrogen-bond acceptors (Lipinski definition) is 4. The molecule has 1 saturated heterocycles. The zero-order valence-corrected chi connectivity index (χ0v) is 11.0. The number of aliphatic carboxylic acids is 1. The molecule has 1 aliphatic heterocycles. The largest absolute Gasteiger partial charge is 0.482 e. The van der Waals surface area contributed by atoms with Crippen molar-refractivity contribution in [3.05, 3.63) is 29.8 Å². The molecule has 1 aromatic carbocycles. The van der Waals surface area contributed by atoms with Gasteiger partial charge in [0.15, 0.2) is 6.61 Å². The van der Waals surface area contributed by atoms with Crippen molar-refractivity contribution < 1.29 is 24.2 Å². The van der Waals surface area contributed by atoms with E-state index in [1.54, 1.807) is 18.2 Å². The van der Waals surface area contributed by atoms with Gasteiger partial charge in [0, 0.05) is 12.2 Å². The van der Waals surface area contributed by atoms with Crippen molar-refractivity contribution in [2.75, 3.05) is 19.8 Å². The molecule has 0 saturated carbocycles. The van der Waals surface area contributed by atoms with Gasteiger partial charge in [0.1, 0.15) is 5.75 Å². The van der Waals surface area contributed by atoms with Crippen LogP contribution in [0.3, 0.4) is 0 Å². The molecule has 2 rings (SSSR count). The van der Waals surface area contributed by atoms with Crippen LogP contribution in [0.25, 0.3) is 0 Å². The summed E-state index contributed by atoms with van der Waals surface area (Å²) in [4.78, 5) is 22.5. The minimum Gasteiger partial charge on any atom is -0.482 e. The first-order chi connectivity index (χ1) is 9.65. The van der Waals surface area contributed by atoms with E-state index in [0.717, 1.165) is 19.4 Å². The quantitative estimate of drug-likeness (QED) is 0.841. The third kappa shape index (κ3) is 4.24. The Morgan fingerprint density at radius 3 is 3.00 bits per heavy atom. The molecule has 20 heavy (non-hydrogen) atoms. The summed E-state index contributed by atoms with van der Waals surface area (Å²) in [5.74, 6) is -0.902. The van der Waals surface area contributed by atoms with Crippen molar-refractivity contribution in [1.29, 1.82) is 0 Å². The number of ether oxygens (including phenoxy) is 2. The summed E-state index contributed by atoms with van der Waals surface area (Å²) >= 11 is 0. The molecule has 0 aliphatic carbocycles. The molecule has 1 amide bonds. The van der Waals surface area contributed by atoms with Gasteiger partial charge in [-0.1, -0.05) is 6.07 Å². The van der Waals surface area contributed by atoms with Crippen LogP contribution in [0.1, 0.15) is 23.2 Å². The Hall–Kier alpha value is -2.08. The SMILES string of the molecule is O=C(O)COc1cccc(C(=O)NC2CCCOC2)c1. The highest BCUT2D eigenvalue weighted by Gasteiger charge is 2.17. The summed E-state index contributed by atoms with van der Waals surface area (Å²) in [6.07, 6.45) is 1.84. The van der Waals surface area contributed by atoms with Crippen LogP contribution in [-0.2, 0) is 9.53 Å². The van der Waals surface area contributed by atoms with Crippen LogP contribution in [0.4, 0.5) is 0 Å². The molecule has 6 heteroatoms. The minimum atomic E-state index is -1.06. The van der Waals surface area contributed by atoms with Crippen LogP contribution in [-0.4, -0.2) is 42.8 Å². The Morgan fingerprint density at radius 2 is 2.30 bits per heavy atom. The van der Waals surface area contributed by atoms with Crippen LogP contribution >= 0.6 is 0 Å². The predicted molar refractivity (Wildman–Crippen MR) is 70.9 cm³/mol. The van der Waals surface area contributed by atoms with E-state index in [2.05, 4.69) is 5.32 Å². The number of amides is 1. The number of carbonyl (C=O) groups excluding carboxylic acids is 1. The smallest absolute Gasteiger partial charge is 0.341 e. The number of carboxylic acids is 1. The molecule has 1 heterocycles. The fourth-order valence-corrected chi connectivity index (χ4v) is 2.00. The molecule has 1 aliphatic rings. The van der Waals surface area contributed by atoms with Crippen LogP contribution in [0.15, 0.2) is 24.3 Å². The van der Waals surface area contributed by atoms with Gasteiger partial charge >= 0.3 is 5.97 Å². The summed E-state index contributed by atoms with van der Waals surface area (Å²) in [6, 6.07) is 6.49. The summed E-state index contributed by atoms with van der Waals surface area (Å²) in [6.45, 7) is 0.841. The van der Waals surface area contributed by atoms with E-state index in [1.165, 1.54) is 6.07 Å². The summed E-state index contributed by atoms with van der Waals surface area (Å²) in [5.41, 5.74) is 0.443. The molecule has 0 bridgehead atoms. The zero-order valence-electron chi connectivity index (χ0n) is 11.0. The number of rotatable bonds is 5. The highest BCUT2D eigenvalue weighted by molar-refractivity contribution is 5.94. The second-order valence-corrected chi connectivity index (χ2v) is 4.60. The first-order valence-corrected chi connectivity index (χ1v) is 6.48. The number of benzene rings is 1. The maximum absolute atomic E-state index is 12.1. The lowest BCUT2D eigenvalue weighted by molar-refractivity contribution is -0.139. The fraction of sp³-hybridized carbons (Fsp3) is 0.429. The Morgan fingerprint density at radius 1 is 1.45 bits per heavy atom. The third-order valence-electron chi connectivity index (χ3n) is 2.95. The number of nitrogens with one attached hydrogen (secondary N) is 1. The van der Waals surface area contributed by atoms with Gasteiger partial charge in [0.05, 0.1) is 12.6 Å². The van der Waals surface area contributed by atoms with Crippen LogP contribution < -0.4 is 10.1 Å². The van der Waals surface area contributed by atoms with Crippen molar-refractivity contribution in [1.82, 2.24) is 5.32 Å². The topological polar surface area (TPSA) is 84.9 Å². The Kier molecular flexibility index (Phi) is 4.95. The number of carbonyl (C=O) groups is 2. The van der Waals surface area contributed by atoms with E-state index in [9.17, 15) is 9.59 Å². The molecule has 1 unspecified atom stereocenters. The number of carboxylic acid groups (broad SMARTS) is 1. The van der Waals surface area contributed by atoms with Crippen LogP contribution in [0.2, 0.25) is 0 Å². The minimum absolute atomic E-state index is 0.0276. The van der Waals surface area contributed by atoms with Crippen molar-refractivity contribution in [3.63, 3.8) is 0 Å². The van der Waals surface area contributed by atoms with E-state index in [-0.39, 0.29) is 11.9 Å². The van der Waals surface area contributed by atoms with Gasteiger partial charge in [0.2, 0.25) is 0 Å². The van der Waals surface area contributed by atoms with Gasteiger partial charge in [-0.3, -0.25) is 4.79 Å². The molecule has 0 aromatic heterocycles. The Bertz CT molecular complexity index is 482. The van der Waals surface area contributed by atoms with Crippen molar-refractivity contribution in [2.24, 2.45) is 0 Å². The monoisotopic (exact) mass is 279 g/mol. The molecular weight excluding hydrogens is 262 g/mol. The average Bonchev–Trinajstić information content (AvgIpc) is 2.46. The van der Waals surface area contributed by atoms with Gasteiger partial charge in [0.25, 0.3) is 5.91 Å². The maximum Gasteiger partial charge on any atom is 0.341 e. The lowest BCUT2D eigenvalue weighted by Crippen LogP contribution is -2.40. The molecule has 6 nitrogen and oxygen atoms in total. The van der Waals surface area contributed by atoms with Crippen molar-refractivity contribution in [2.45, 2.75) is 18.9 Å². The Labute approximate surface area is 116 Å². The summed E-state index contributed by atoms with van der Waals surface area (Å²) < 4.78 is 10.3. The van der Waals surface area contributed by atoms with E-state index in [4.69, 9.17) is 14.6 Å². The second-order valence-electron chi connectivity index (χ2n) is 4.60. The molecule has 1 aromatic rings. The fourth-order valence-electron chi connectivity index (χ4n) is 2.00. The lowest BCUT2D eigenvalue weighted by Gasteiger charge is -2.23. The van der Waals surface area contributed by atoms with Crippen LogP contribution in [0, 0.1) is 0 Å². The predicted octanol–water partition coefficient (Wildman–Crippen LogP) is 1.06. The Balaban J connectivity index is 1.94. The van der Waals surface area contributed by atoms with Gasteiger partial charge < -0.3 is 19.9 Å². The average molecular weight is 279 g/mol. The van der Waals surface area contributed by atoms with E-state index >= 15 is 0 Å². The number of hydrogen-bond donors (Lipinski definition) is 2. The van der Waals surface area contributed by atoms with Crippen molar-refractivity contribution in [3.8, 4) is 5.75 Å². The summed E-state index contributed by atoms with van der Waals surface area (Å²) in [5, 5.41) is 11.4. The first-order valence-electron chi connectivity index (χ1n) is 6.48. The summed E-state index contributed by atoms with van der Waals surface area (Å²) in [7, 11) is 0. The molecule has 108 valence electrons. The van der Waals surface area contributed by atoms with Gasteiger partial charge in [-0.15, -0.1) is 0 Å². The van der Waals surface area contributed by atoms with Crippen molar-refractivity contribution >= 4 is 11.9 Å². The van der Waals surface area contributed by atoms with Crippen LogP contribution in [0.5, 0.6) is 5.75 Å². The standard InChI is InChI=1S/C14H17NO5/c16-13(17)9-20-12-5-1-3-10(7-12)14(18)15-11-4-2-6-19-8-11/h1,3,5,7,11H,2,4,6,8-9H2,(H,15,18)(H,16,17). The molecule has 0 spiro atoms. The molecule has 1 fully saturated rings. The van der Waals surface area contributed by atoms with E-state index < -0.39 is 12.6 Å². The van der Waals surface area contributed by atoms with Gasteiger partial charge in [-0.25, -0.2) is 4.79 Å². The highest BCUT2D eigenvalue weighted by atomic mass is 16.5. The van der Waals surface area contributed by atoms with Gasteiger partial charge in [-0.05, 0) is 31.0 Å². The lowest BCUT2D eigenvalue weighted by atomic mass is 10.1. The maximum atomic E-state index is 12.1. The highest BCUT2D eigenvalue weighted by Crippen LogP contribution is 2.14. The first kappa shape index (κ1) is 14.3. The molecule has 2 N–H and O–H groups in total. The molecule has 1 atom stereocenters. The van der Waals surface area contributed by atoms with E-state index in [1.807, 2.05) is 0 Å². The molecule has 0 radical (unpaired) electrons. The second kappa shape index (κ2) is 6.91. The third-order valence-corrected chi connectivity index (χ3v) is 2.95. The van der Waals surface area contributed by atoms with Gasteiger partial charge in [-0.2, -0.15) is 0 Å². The zero-order chi connectivity index (χ0) is 14.4.